The minimum atomic E-state index is 0.627. The average molecular weight is 304 g/mol. The molecule has 2 aromatic heterocycles. The van der Waals surface area contributed by atoms with Gasteiger partial charge in [-0.1, -0.05) is 0 Å². The molecule has 0 N–H and O–H groups in total. The molecule has 0 bridgehead atoms. The van der Waals surface area contributed by atoms with Gasteiger partial charge in [0.2, 0.25) is 5.89 Å². The van der Waals surface area contributed by atoms with E-state index in [0.29, 0.717) is 5.89 Å². The molecule has 1 aromatic carbocycles. The molecule has 0 amide bonds. The van der Waals surface area contributed by atoms with Gasteiger partial charge in [-0.15, -0.1) is 0 Å². The topological polar surface area (TPSA) is 48.2 Å². The van der Waals surface area contributed by atoms with E-state index >= 15 is 0 Å². The Labute approximate surface area is 133 Å². The van der Waals surface area contributed by atoms with Crippen molar-refractivity contribution in [3.8, 4) is 17.2 Å². The molecule has 4 nitrogen and oxygen atoms in total. The van der Waals surface area contributed by atoms with Crippen LogP contribution in [0.1, 0.15) is 31.2 Å². The summed E-state index contributed by atoms with van der Waals surface area (Å²) in [6, 6.07) is 7.92. The van der Waals surface area contributed by atoms with E-state index in [2.05, 4.69) is 16.0 Å². The Kier molecular flexibility index (Phi) is 2.77. The number of ether oxygens (including phenoxy) is 1. The lowest BCUT2D eigenvalue weighted by atomic mass is 9.86. The molecule has 0 fully saturated rings. The molecule has 23 heavy (non-hydrogen) atoms. The predicted octanol–water partition coefficient (Wildman–Crippen LogP) is 4.61. The number of hydrogen-bond donors (Lipinski definition) is 0. The van der Waals surface area contributed by atoms with Crippen LogP contribution in [0.5, 0.6) is 5.75 Å². The summed E-state index contributed by atoms with van der Waals surface area (Å²) in [5.74, 6) is 1.55. The monoisotopic (exact) mass is 304 g/mol. The highest BCUT2D eigenvalue weighted by molar-refractivity contribution is 5.86. The van der Waals surface area contributed by atoms with Crippen LogP contribution in [-0.2, 0) is 0 Å². The van der Waals surface area contributed by atoms with Crippen molar-refractivity contribution in [2.45, 2.75) is 25.7 Å². The van der Waals surface area contributed by atoms with E-state index in [1.54, 1.807) is 12.4 Å². The molecule has 0 atom stereocenters. The van der Waals surface area contributed by atoms with Crippen molar-refractivity contribution in [1.82, 2.24) is 9.97 Å². The number of allylic oxidation sites excluding steroid dienone is 1. The van der Waals surface area contributed by atoms with Crippen molar-refractivity contribution in [3.05, 3.63) is 47.8 Å². The van der Waals surface area contributed by atoms with Crippen molar-refractivity contribution in [1.29, 1.82) is 0 Å². The first kappa shape index (κ1) is 12.9. The zero-order valence-electron chi connectivity index (χ0n) is 12.7. The average Bonchev–Trinajstić information content (AvgIpc) is 3.03. The number of benzene rings is 1. The van der Waals surface area contributed by atoms with Crippen LogP contribution in [0.3, 0.4) is 0 Å². The van der Waals surface area contributed by atoms with Crippen LogP contribution in [0.4, 0.5) is 0 Å². The van der Waals surface area contributed by atoms with E-state index in [1.165, 1.54) is 29.6 Å². The van der Waals surface area contributed by atoms with Gasteiger partial charge in [-0.2, -0.15) is 0 Å². The third-order valence-electron chi connectivity index (χ3n) is 4.73. The predicted molar refractivity (Wildman–Crippen MR) is 88.1 cm³/mol. The summed E-state index contributed by atoms with van der Waals surface area (Å²) in [4.78, 5) is 8.69. The summed E-state index contributed by atoms with van der Waals surface area (Å²) < 4.78 is 11.9. The van der Waals surface area contributed by atoms with Crippen molar-refractivity contribution < 1.29 is 9.15 Å². The van der Waals surface area contributed by atoms with Gasteiger partial charge in [0.15, 0.2) is 5.58 Å². The summed E-state index contributed by atoms with van der Waals surface area (Å²) in [5, 5.41) is 0. The quantitative estimate of drug-likeness (QED) is 0.658. The maximum absolute atomic E-state index is 5.96. The maximum Gasteiger partial charge on any atom is 0.227 e. The highest BCUT2D eigenvalue weighted by atomic mass is 16.5. The Morgan fingerprint density at radius 3 is 2.78 bits per heavy atom. The highest BCUT2D eigenvalue weighted by Gasteiger charge is 2.24. The molecule has 1 aliphatic heterocycles. The van der Waals surface area contributed by atoms with Crippen LogP contribution in [-0.4, -0.2) is 16.6 Å². The number of fused-ring (bicyclic) bond motifs is 3. The molecule has 114 valence electrons. The molecule has 5 rings (SSSR count). The molecule has 0 unspecified atom stereocenters. The van der Waals surface area contributed by atoms with E-state index in [1.807, 2.05) is 18.2 Å². The van der Waals surface area contributed by atoms with Crippen molar-refractivity contribution in [2.75, 3.05) is 6.61 Å². The van der Waals surface area contributed by atoms with Crippen LogP contribution in [0.2, 0.25) is 0 Å². The molecule has 0 saturated carbocycles. The van der Waals surface area contributed by atoms with Gasteiger partial charge in [-0.05, 0) is 55.0 Å². The van der Waals surface area contributed by atoms with Gasteiger partial charge < -0.3 is 9.15 Å². The third-order valence-corrected chi connectivity index (χ3v) is 4.73. The molecule has 1 aliphatic carbocycles. The number of oxazole rings is 1. The third kappa shape index (κ3) is 2.05. The molecule has 0 saturated heterocycles. The van der Waals surface area contributed by atoms with Crippen LogP contribution in [0, 0.1) is 0 Å². The fourth-order valence-corrected chi connectivity index (χ4v) is 3.55. The second kappa shape index (κ2) is 4.95. The Hall–Kier alpha value is -2.62. The molecule has 3 aromatic rings. The van der Waals surface area contributed by atoms with Gasteiger partial charge in [-0.3, -0.25) is 4.98 Å². The molecule has 4 heteroatoms. The second-order valence-electron chi connectivity index (χ2n) is 6.15. The minimum Gasteiger partial charge on any atom is -0.488 e. The molecule has 0 radical (unpaired) electrons. The van der Waals surface area contributed by atoms with Crippen molar-refractivity contribution in [2.24, 2.45) is 0 Å². The van der Waals surface area contributed by atoms with Gasteiger partial charge in [0, 0.05) is 29.6 Å². The minimum absolute atomic E-state index is 0.627. The number of nitrogens with zero attached hydrogens (tertiary/aromatic N) is 2. The van der Waals surface area contributed by atoms with Crippen LogP contribution in [0.25, 0.3) is 28.1 Å². The van der Waals surface area contributed by atoms with E-state index < -0.39 is 0 Å². The molecule has 0 spiro atoms. The van der Waals surface area contributed by atoms with Gasteiger partial charge >= 0.3 is 0 Å². The number of rotatable bonds is 1. The first-order valence-corrected chi connectivity index (χ1v) is 8.07. The Balaban J connectivity index is 1.67. The lowest BCUT2D eigenvalue weighted by molar-refractivity contribution is 0.336. The summed E-state index contributed by atoms with van der Waals surface area (Å²) in [6.45, 7) is 0.721. The van der Waals surface area contributed by atoms with Gasteiger partial charge in [0.1, 0.15) is 17.9 Å². The summed E-state index contributed by atoms with van der Waals surface area (Å²) >= 11 is 0. The van der Waals surface area contributed by atoms with Crippen molar-refractivity contribution in [3.63, 3.8) is 0 Å². The standard InChI is InChI=1S/C19H16N2O2/c1-2-4-14-13(3-1)11-22-17-10-18-16(9-15(14)17)21-19(23-18)12-5-7-20-8-6-12/h5-10H,1-4,11H2. The van der Waals surface area contributed by atoms with Crippen molar-refractivity contribution >= 4 is 16.7 Å². The molecular formula is C19H16N2O2. The molecular weight excluding hydrogens is 288 g/mol. The normalized spacial score (nSPS) is 16.9. The van der Waals surface area contributed by atoms with E-state index in [0.717, 1.165) is 41.9 Å². The highest BCUT2D eigenvalue weighted by Crippen LogP contribution is 2.42. The molecule has 3 heterocycles. The van der Waals surface area contributed by atoms with Crippen LogP contribution >= 0.6 is 0 Å². The number of hydrogen-bond acceptors (Lipinski definition) is 4. The zero-order chi connectivity index (χ0) is 15.2. The second-order valence-corrected chi connectivity index (χ2v) is 6.15. The Morgan fingerprint density at radius 1 is 1.00 bits per heavy atom. The van der Waals surface area contributed by atoms with Crippen LogP contribution < -0.4 is 4.74 Å². The van der Waals surface area contributed by atoms with Gasteiger partial charge in [0.05, 0.1) is 0 Å². The Morgan fingerprint density at radius 2 is 1.87 bits per heavy atom. The Bertz CT molecular complexity index is 925. The zero-order valence-corrected chi connectivity index (χ0v) is 12.7. The van der Waals surface area contributed by atoms with E-state index in [-0.39, 0.29) is 0 Å². The maximum atomic E-state index is 5.96. The fourth-order valence-electron chi connectivity index (χ4n) is 3.55. The smallest absolute Gasteiger partial charge is 0.227 e. The summed E-state index contributed by atoms with van der Waals surface area (Å²) in [7, 11) is 0. The lowest BCUT2D eigenvalue weighted by Crippen LogP contribution is -2.14. The van der Waals surface area contributed by atoms with E-state index in [9.17, 15) is 0 Å². The van der Waals surface area contributed by atoms with Crippen LogP contribution in [0.15, 0.2) is 46.6 Å². The number of aromatic nitrogens is 2. The largest absolute Gasteiger partial charge is 0.488 e. The fraction of sp³-hybridized carbons (Fsp3) is 0.263. The lowest BCUT2D eigenvalue weighted by Gasteiger charge is -2.27. The SMILES string of the molecule is c1cc(-c2nc3cc4c(cc3o2)OCC2=C4CCCC2)ccn1. The number of pyridine rings is 1. The first-order valence-electron chi connectivity index (χ1n) is 8.07. The summed E-state index contributed by atoms with van der Waals surface area (Å²) in [6.07, 6.45) is 8.34. The van der Waals surface area contributed by atoms with Gasteiger partial charge in [0.25, 0.3) is 0 Å². The first-order chi connectivity index (χ1) is 11.4. The van der Waals surface area contributed by atoms with Gasteiger partial charge in [-0.25, -0.2) is 4.98 Å². The van der Waals surface area contributed by atoms with E-state index in [4.69, 9.17) is 9.15 Å². The molecule has 2 aliphatic rings. The summed E-state index contributed by atoms with van der Waals surface area (Å²) in [5.41, 5.74) is 6.73.